The zero-order valence-electron chi connectivity index (χ0n) is 3.98. The summed E-state index contributed by atoms with van der Waals surface area (Å²) in [5.41, 5.74) is 0. The van der Waals surface area contributed by atoms with Gasteiger partial charge >= 0.3 is 8.69 Å². The van der Waals surface area contributed by atoms with Crippen LogP contribution in [0.2, 0.25) is 0 Å². The second kappa shape index (κ2) is 6.27. The molecule has 8 heavy (non-hydrogen) atoms. The molecular formula is C3H5N2O2P. The maximum absolute atomic E-state index is 8.46. The number of hydrogen-bond donors (Lipinski definition) is 2. The number of nitrogens with zero attached hydrogens (tertiary/aromatic N) is 1. The Kier molecular flexibility index (Phi) is 5.70. The Balaban J connectivity index is 0.000000145. The van der Waals surface area contributed by atoms with Gasteiger partial charge in [-0.3, -0.25) is 5.10 Å². The fourth-order valence-corrected chi connectivity index (χ4v) is 0.215. The van der Waals surface area contributed by atoms with Gasteiger partial charge in [-0.2, -0.15) is 5.10 Å². The quantitative estimate of drug-likeness (QED) is 0.508. The number of nitrogens with one attached hydrogen (secondary N) is 1. The highest BCUT2D eigenvalue weighted by atomic mass is 31.1. The molecule has 44 valence electrons. The standard InChI is InChI=1S/C3H4N2.HO2P/c1-2-4-5-3-1;1-3-2/h1-3H,(H,4,5);(H,1,2). The lowest BCUT2D eigenvalue weighted by Crippen LogP contribution is -1.53. The van der Waals surface area contributed by atoms with Gasteiger partial charge in [-0.15, -0.1) is 0 Å². The molecule has 4 nitrogen and oxygen atoms in total. The fourth-order valence-electron chi connectivity index (χ4n) is 0.215. The van der Waals surface area contributed by atoms with Crippen molar-refractivity contribution in [2.24, 2.45) is 0 Å². The monoisotopic (exact) mass is 132 g/mol. The Morgan fingerprint density at radius 2 is 2.38 bits per heavy atom. The normalized spacial score (nSPS) is 7.62. The maximum Gasteiger partial charge on any atom is 0.324 e. The average Bonchev–Trinajstić information content (AvgIpc) is 2.17. The van der Waals surface area contributed by atoms with Crippen molar-refractivity contribution in [2.45, 2.75) is 0 Å². The summed E-state index contributed by atoms with van der Waals surface area (Å²) in [4.78, 5) is 6.99. The second-order valence-electron chi connectivity index (χ2n) is 0.848. The Hall–Kier alpha value is -0.730. The summed E-state index contributed by atoms with van der Waals surface area (Å²) >= 11 is 0. The van der Waals surface area contributed by atoms with E-state index in [0.29, 0.717) is 0 Å². The number of rotatable bonds is 0. The molecule has 0 saturated heterocycles. The largest absolute Gasteiger partial charge is 0.324 e. The van der Waals surface area contributed by atoms with E-state index in [-0.39, 0.29) is 0 Å². The first-order valence-corrected chi connectivity index (χ1v) is 2.58. The van der Waals surface area contributed by atoms with Gasteiger partial charge in [0, 0.05) is 12.4 Å². The molecule has 0 fully saturated rings. The van der Waals surface area contributed by atoms with Crippen molar-refractivity contribution in [3.63, 3.8) is 0 Å². The molecule has 0 aliphatic carbocycles. The number of H-pyrrole nitrogens is 1. The van der Waals surface area contributed by atoms with Crippen molar-refractivity contribution in [1.82, 2.24) is 10.2 Å². The van der Waals surface area contributed by atoms with E-state index in [2.05, 4.69) is 10.2 Å². The predicted molar refractivity (Wildman–Crippen MR) is 28.4 cm³/mol. The van der Waals surface area contributed by atoms with Crippen LogP contribution in [-0.4, -0.2) is 15.1 Å². The topological polar surface area (TPSA) is 66.0 Å². The molecular weight excluding hydrogens is 127 g/mol. The summed E-state index contributed by atoms with van der Waals surface area (Å²) < 4.78 is 8.46. The van der Waals surface area contributed by atoms with E-state index in [4.69, 9.17) is 9.46 Å². The van der Waals surface area contributed by atoms with Gasteiger partial charge in [0.25, 0.3) is 0 Å². The number of aromatic amines is 1. The molecule has 1 rings (SSSR count). The zero-order chi connectivity index (χ0) is 6.24. The summed E-state index contributed by atoms with van der Waals surface area (Å²) in [6.07, 6.45) is 3.46. The smallest absolute Gasteiger partial charge is 0.310 e. The lowest BCUT2D eigenvalue weighted by atomic mass is 10.8. The summed E-state index contributed by atoms with van der Waals surface area (Å²) in [7, 11) is -0.833. The molecule has 0 amide bonds. The molecule has 0 spiro atoms. The highest BCUT2D eigenvalue weighted by Crippen LogP contribution is 1.66. The summed E-state index contributed by atoms with van der Waals surface area (Å²) in [5, 5.41) is 6.21. The molecule has 0 aromatic carbocycles. The SMILES string of the molecule is O=PO.c1cn[nH]c1. The molecule has 5 heteroatoms. The molecule has 0 atom stereocenters. The molecule has 0 unspecified atom stereocenters. The third-order valence-corrected chi connectivity index (χ3v) is 0.406. The predicted octanol–water partition coefficient (Wildman–Crippen LogP) is 0.595. The van der Waals surface area contributed by atoms with Crippen LogP contribution in [-0.2, 0) is 4.57 Å². The van der Waals surface area contributed by atoms with E-state index in [9.17, 15) is 0 Å². The van der Waals surface area contributed by atoms with Gasteiger partial charge in [-0.1, -0.05) is 0 Å². The van der Waals surface area contributed by atoms with Crippen LogP contribution in [0, 0.1) is 0 Å². The van der Waals surface area contributed by atoms with Gasteiger partial charge in [0.2, 0.25) is 0 Å². The first-order chi connectivity index (χ1) is 3.91. The number of hydrogen-bond acceptors (Lipinski definition) is 2. The van der Waals surface area contributed by atoms with Crippen molar-refractivity contribution in [1.29, 1.82) is 0 Å². The lowest BCUT2D eigenvalue weighted by molar-refractivity contribution is 0.524. The molecule has 0 saturated carbocycles. The Morgan fingerprint density at radius 1 is 1.75 bits per heavy atom. The van der Waals surface area contributed by atoms with Crippen molar-refractivity contribution < 1.29 is 9.46 Å². The van der Waals surface area contributed by atoms with E-state index >= 15 is 0 Å². The van der Waals surface area contributed by atoms with E-state index in [1.807, 2.05) is 6.07 Å². The first-order valence-electron chi connectivity index (χ1n) is 1.82. The maximum atomic E-state index is 8.46. The Labute approximate surface area is 47.8 Å². The van der Waals surface area contributed by atoms with Gasteiger partial charge in [0.1, 0.15) is 0 Å². The van der Waals surface area contributed by atoms with Crippen LogP contribution in [0.5, 0.6) is 0 Å². The van der Waals surface area contributed by atoms with Crippen LogP contribution in [0.4, 0.5) is 0 Å². The molecule has 0 bridgehead atoms. The lowest BCUT2D eigenvalue weighted by Gasteiger charge is -1.49. The van der Waals surface area contributed by atoms with E-state index in [1.54, 1.807) is 12.4 Å². The minimum absolute atomic E-state index is 0.833. The number of aromatic nitrogens is 2. The van der Waals surface area contributed by atoms with Crippen molar-refractivity contribution in [2.75, 3.05) is 0 Å². The van der Waals surface area contributed by atoms with Gasteiger partial charge in [-0.25, -0.2) is 4.57 Å². The van der Waals surface area contributed by atoms with Gasteiger partial charge in [0.05, 0.1) is 0 Å². The van der Waals surface area contributed by atoms with Gasteiger partial charge in [0.15, 0.2) is 0 Å². The molecule has 0 radical (unpaired) electrons. The van der Waals surface area contributed by atoms with E-state index in [0.717, 1.165) is 0 Å². The molecule has 0 aliphatic heterocycles. The highest BCUT2D eigenvalue weighted by Gasteiger charge is 1.56. The third kappa shape index (κ3) is 5.27. The molecule has 2 N–H and O–H groups in total. The zero-order valence-corrected chi connectivity index (χ0v) is 4.88. The molecule has 1 heterocycles. The van der Waals surface area contributed by atoms with Crippen LogP contribution < -0.4 is 0 Å². The minimum atomic E-state index is -0.833. The Bertz CT molecular complexity index is 102. The average molecular weight is 132 g/mol. The summed E-state index contributed by atoms with van der Waals surface area (Å²) in [5.74, 6) is 0. The van der Waals surface area contributed by atoms with Crippen LogP contribution in [0.25, 0.3) is 0 Å². The van der Waals surface area contributed by atoms with Crippen LogP contribution in [0.3, 0.4) is 0 Å². The van der Waals surface area contributed by atoms with Crippen molar-refractivity contribution in [3.8, 4) is 0 Å². The van der Waals surface area contributed by atoms with E-state index in [1.165, 1.54) is 0 Å². The molecule has 0 aliphatic rings. The molecule has 1 aromatic heterocycles. The van der Waals surface area contributed by atoms with Crippen LogP contribution >= 0.6 is 8.69 Å². The molecule has 1 aromatic rings. The Morgan fingerprint density at radius 3 is 2.50 bits per heavy atom. The van der Waals surface area contributed by atoms with Crippen LogP contribution in [0.15, 0.2) is 18.5 Å². The summed E-state index contributed by atoms with van der Waals surface area (Å²) in [6.45, 7) is 0. The second-order valence-corrected chi connectivity index (χ2v) is 1.01. The van der Waals surface area contributed by atoms with Crippen LogP contribution in [0.1, 0.15) is 0 Å². The fraction of sp³-hybridized carbons (Fsp3) is 0. The highest BCUT2D eigenvalue weighted by molar-refractivity contribution is 7.16. The third-order valence-electron chi connectivity index (χ3n) is 0.406. The van der Waals surface area contributed by atoms with Gasteiger partial charge < -0.3 is 4.89 Å². The summed E-state index contributed by atoms with van der Waals surface area (Å²) in [6, 6.07) is 1.83. The van der Waals surface area contributed by atoms with Crippen molar-refractivity contribution in [3.05, 3.63) is 18.5 Å². The van der Waals surface area contributed by atoms with Gasteiger partial charge in [-0.05, 0) is 6.07 Å². The van der Waals surface area contributed by atoms with Crippen molar-refractivity contribution >= 4 is 8.69 Å². The first kappa shape index (κ1) is 7.27. The van der Waals surface area contributed by atoms with E-state index < -0.39 is 8.69 Å². The minimum Gasteiger partial charge on any atom is -0.310 e.